The smallest absolute Gasteiger partial charge is 0.124 e. The van der Waals surface area contributed by atoms with E-state index in [0.717, 1.165) is 11.3 Å². The fourth-order valence-corrected chi connectivity index (χ4v) is 1.83. The second kappa shape index (κ2) is 5.55. The molecule has 1 aliphatic rings. The fourth-order valence-electron chi connectivity index (χ4n) is 1.83. The van der Waals surface area contributed by atoms with Crippen molar-refractivity contribution in [2.75, 3.05) is 0 Å². The van der Waals surface area contributed by atoms with E-state index in [2.05, 4.69) is 6.07 Å². The number of rotatable bonds is 4. The average molecular weight is 242 g/mol. The van der Waals surface area contributed by atoms with Crippen LogP contribution in [0.5, 0.6) is 5.75 Å². The highest BCUT2D eigenvalue weighted by Gasteiger charge is 2.31. The third-order valence-electron chi connectivity index (χ3n) is 2.77. The van der Waals surface area contributed by atoms with Crippen LogP contribution in [0.25, 0.3) is 0 Å². The molecule has 0 aromatic heterocycles. The zero-order valence-electron chi connectivity index (χ0n) is 9.85. The molecule has 16 heavy (non-hydrogen) atoms. The molecule has 2 nitrogen and oxygen atoms in total. The van der Waals surface area contributed by atoms with Crippen LogP contribution in [-0.4, -0.2) is 6.10 Å². The topological polar surface area (TPSA) is 35.2 Å². The van der Waals surface area contributed by atoms with Gasteiger partial charge in [-0.25, -0.2) is 0 Å². The molecule has 1 saturated carbocycles. The van der Waals surface area contributed by atoms with Crippen molar-refractivity contribution in [3.05, 3.63) is 29.8 Å². The first-order valence-corrected chi connectivity index (χ1v) is 5.69. The van der Waals surface area contributed by atoms with Gasteiger partial charge in [-0.2, -0.15) is 0 Å². The van der Waals surface area contributed by atoms with E-state index in [4.69, 9.17) is 10.5 Å². The van der Waals surface area contributed by atoms with Crippen LogP contribution in [0.1, 0.15) is 38.3 Å². The normalized spacial score (nSPS) is 16.8. The fraction of sp³-hybridized carbons (Fsp3) is 0.538. The van der Waals surface area contributed by atoms with Gasteiger partial charge in [0.1, 0.15) is 5.75 Å². The van der Waals surface area contributed by atoms with Crippen molar-refractivity contribution >= 4 is 12.4 Å². The Morgan fingerprint density at radius 2 is 1.88 bits per heavy atom. The molecular weight excluding hydrogens is 222 g/mol. The molecule has 1 atom stereocenters. The first-order valence-electron chi connectivity index (χ1n) is 5.69. The summed E-state index contributed by atoms with van der Waals surface area (Å²) in [5.41, 5.74) is 7.36. The Hall–Kier alpha value is -0.730. The Labute approximate surface area is 104 Å². The third-order valence-corrected chi connectivity index (χ3v) is 2.77. The van der Waals surface area contributed by atoms with Gasteiger partial charge in [-0.3, -0.25) is 0 Å². The Kier molecular flexibility index (Phi) is 4.63. The molecule has 2 N–H and O–H groups in total. The Morgan fingerprint density at radius 3 is 2.44 bits per heavy atom. The summed E-state index contributed by atoms with van der Waals surface area (Å²) in [5.74, 6) is 1.62. The number of ether oxygens (including phenoxy) is 1. The second-order valence-corrected chi connectivity index (χ2v) is 4.57. The van der Waals surface area contributed by atoms with Gasteiger partial charge in [0.15, 0.2) is 0 Å². The summed E-state index contributed by atoms with van der Waals surface area (Å²) in [6.45, 7) is 4.08. The van der Waals surface area contributed by atoms with Gasteiger partial charge >= 0.3 is 0 Å². The minimum atomic E-state index is 0. The highest BCUT2D eigenvalue weighted by Crippen LogP contribution is 2.42. The van der Waals surface area contributed by atoms with Gasteiger partial charge in [-0.1, -0.05) is 18.2 Å². The lowest BCUT2D eigenvalue weighted by molar-refractivity contribution is 0.238. The van der Waals surface area contributed by atoms with Crippen LogP contribution < -0.4 is 10.5 Å². The molecule has 0 heterocycles. The minimum absolute atomic E-state index is 0. The first-order chi connectivity index (χ1) is 7.18. The van der Waals surface area contributed by atoms with Gasteiger partial charge in [0, 0.05) is 11.6 Å². The van der Waals surface area contributed by atoms with Gasteiger partial charge < -0.3 is 10.5 Å². The average Bonchev–Trinajstić information content (AvgIpc) is 3.00. The minimum Gasteiger partial charge on any atom is -0.491 e. The number of nitrogens with two attached hydrogens (primary N) is 1. The van der Waals surface area contributed by atoms with Crippen LogP contribution >= 0.6 is 12.4 Å². The Bertz CT molecular complexity index is 336. The quantitative estimate of drug-likeness (QED) is 0.878. The van der Waals surface area contributed by atoms with Crippen LogP contribution in [-0.2, 0) is 0 Å². The van der Waals surface area contributed by atoms with Crippen molar-refractivity contribution in [2.45, 2.75) is 38.8 Å². The maximum absolute atomic E-state index is 6.20. The van der Waals surface area contributed by atoms with Crippen LogP contribution in [0.15, 0.2) is 24.3 Å². The van der Waals surface area contributed by atoms with E-state index in [1.807, 2.05) is 32.0 Å². The van der Waals surface area contributed by atoms with E-state index in [-0.39, 0.29) is 24.6 Å². The zero-order valence-corrected chi connectivity index (χ0v) is 10.7. The van der Waals surface area contributed by atoms with Crippen molar-refractivity contribution in [1.29, 1.82) is 0 Å². The van der Waals surface area contributed by atoms with E-state index < -0.39 is 0 Å². The van der Waals surface area contributed by atoms with Crippen molar-refractivity contribution in [2.24, 2.45) is 11.7 Å². The summed E-state index contributed by atoms with van der Waals surface area (Å²) >= 11 is 0. The molecule has 3 heteroatoms. The molecule has 2 rings (SSSR count). The number of hydrogen-bond acceptors (Lipinski definition) is 2. The summed E-state index contributed by atoms with van der Waals surface area (Å²) in [6, 6.07) is 8.28. The summed E-state index contributed by atoms with van der Waals surface area (Å²) < 4.78 is 5.76. The SMILES string of the molecule is CC(C)Oc1ccccc1[C@@H](N)C1CC1.Cl. The zero-order chi connectivity index (χ0) is 10.8. The van der Waals surface area contributed by atoms with E-state index in [0.29, 0.717) is 5.92 Å². The van der Waals surface area contributed by atoms with Crippen molar-refractivity contribution in [1.82, 2.24) is 0 Å². The lowest BCUT2D eigenvalue weighted by atomic mass is 10.0. The molecule has 0 amide bonds. The summed E-state index contributed by atoms with van der Waals surface area (Å²) in [4.78, 5) is 0. The van der Waals surface area contributed by atoms with Gasteiger partial charge in [-0.05, 0) is 38.7 Å². The molecule has 0 saturated heterocycles. The molecule has 1 aromatic rings. The van der Waals surface area contributed by atoms with E-state index >= 15 is 0 Å². The van der Waals surface area contributed by atoms with E-state index in [1.165, 1.54) is 12.8 Å². The maximum atomic E-state index is 6.20. The van der Waals surface area contributed by atoms with Gasteiger partial charge in [0.25, 0.3) is 0 Å². The lowest BCUT2D eigenvalue weighted by Crippen LogP contribution is -2.15. The molecule has 0 radical (unpaired) electrons. The first kappa shape index (κ1) is 13.3. The van der Waals surface area contributed by atoms with E-state index in [1.54, 1.807) is 0 Å². The van der Waals surface area contributed by atoms with Crippen LogP contribution in [0.2, 0.25) is 0 Å². The lowest BCUT2D eigenvalue weighted by Gasteiger charge is -2.18. The molecule has 1 aromatic carbocycles. The van der Waals surface area contributed by atoms with Crippen molar-refractivity contribution in [3.63, 3.8) is 0 Å². The molecule has 0 spiro atoms. The molecule has 1 fully saturated rings. The van der Waals surface area contributed by atoms with Crippen LogP contribution in [0, 0.1) is 5.92 Å². The van der Waals surface area contributed by atoms with E-state index in [9.17, 15) is 0 Å². The number of para-hydroxylation sites is 1. The van der Waals surface area contributed by atoms with Crippen LogP contribution in [0.4, 0.5) is 0 Å². The Morgan fingerprint density at radius 1 is 1.25 bits per heavy atom. The molecule has 0 aliphatic heterocycles. The van der Waals surface area contributed by atoms with Gasteiger partial charge in [0.05, 0.1) is 6.10 Å². The maximum Gasteiger partial charge on any atom is 0.124 e. The molecule has 0 unspecified atom stereocenters. The standard InChI is InChI=1S/C13H19NO.ClH/c1-9(2)15-12-6-4-3-5-11(12)13(14)10-7-8-10;/h3-6,9-10,13H,7-8,14H2,1-2H3;1H/t13-;/m0./s1. The molecule has 90 valence electrons. The highest BCUT2D eigenvalue weighted by atomic mass is 35.5. The monoisotopic (exact) mass is 241 g/mol. The Balaban J connectivity index is 0.00000128. The summed E-state index contributed by atoms with van der Waals surface area (Å²) in [5, 5.41) is 0. The third kappa shape index (κ3) is 3.13. The molecular formula is C13H20ClNO. The number of halogens is 1. The molecule has 1 aliphatic carbocycles. The second-order valence-electron chi connectivity index (χ2n) is 4.57. The highest BCUT2D eigenvalue weighted by molar-refractivity contribution is 5.85. The predicted octanol–water partition coefficient (Wildman–Crippen LogP) is 3.31. The van der Waals surface area contributed by atoms with Gasteiger partial charge in [-0.15, -0.1) is 12.4 Å². The van der Waals surface area contributed by atoms with Crippen molar-refractivity contribution < 1.29 is 4.74 Å². The van der Waals surface area contributed by atoms with Crippen LogP contribution in [0.3, 0.4) is 0 Å². The predicted molar refractivity (Wildman–Crippen MR) is 69.1 cm³/mol. The summed E-state index contributed by atoms with van der Waals surface area (Å²) in [6.07, 6.45) is 2.73. The number of hydrogen-bond donors (Lipinski definition) is 1. The largest absolute Gasteiger partial charge is 0.491 e. The van der Waals surface area contributed by atoms with Gasteiger partial charge in [0.2, 0.25) is 0 Å². The molecule has 0 bridgehead atoms. The summed E-state index contributed by atoms with van der Waals surface area (Å²) in [7, 11) is 0. The van der Waals surface area contributed by atoms with Crippen molar-refractivity contribution in [3.8, 4) is 5.75 Å². The number of benzene rings is 1.